The van der Waals surface area contributed by atoms with E-state index in [0.717, 1.165) is 4.77 Å². The topological polar surface area (TPSA) is 13.1 Å². The van der Waals surface area contributed by atoms with Gasteiger partial charge in [0.2, 0.25) is 0 Å². The van der Waals surface area contributed by atoms with Crippen LogP contribution in [0.25, 0.3) is 0 Å². The highest BCUT2D eigenvalue weighted by Crippen LogP contribution is 2.28. The van der Waals surface area contributed by atoms with Gasteiger partial charge in [-0.25, -0.2) is 4.67 Å². The van der Waals surface area contributed by atoms with Crippen LogP contribution >= 0.6 is 20.2 Å². The molecule has 0 spiro atoms. The van der Waals surface area contributed by atoms with E-state index in [1.165, 1.54) is 0 Å². The van der Waals surface area contributed by atoms with Crippen LogP contribution in [0.15, 0.2) is 0 Å². The minimum Gasteiger partial charge on any atom is -0.286 e. The quantitative estimate of drug-likeness (QED) is 0.599. The summed E-state index contributed by atoms with van der Waals surface area (Å²) < 4.78 is 7.39. The second kappa shape index (κ2) is 2.53. The molecule has 0 fully saturated rings. The van der Waals surface area contributed by atoms with E-state index in [-0.39, 0.29) is 8.00 Å². The molecule has 0 amide bonds. The number of hydrogen-bond donors (Lipinski definition) is 0. The molecule has 0 aliphatic carbocycles. The zero-order valence-corrected chi connectivity index (χ0v) is 8.41. The van der Waals surface area contributed by atoms with Crippen LogP contribution in [0.3, 0.4) is 0 Å². The SMILES string of the molecule is CN(C)p1n(C)c(=S)n1C. The first-order valence-electron chi connectivity index (χ1n) is 3.04. The lowest BCUT2D eigenvalue weighted by Crippen LogP contribution is -2.20. The summed E-state index contributed by atoms with van der Waals surface area (Å²) in [4.78, 5) is 0. The van der Waals surface area contributed by atoms with Gasteiger partial charge in [0, 0.05) is 14.1 Å². The molecule has 0 aliphatic rings. The molecule has 0 aromatic carbocycles. The Morgan fingerprint density at radius 3 is 1.90 bits per heavy atom. The van der Waals surface area contributed by atoms with E-state index in [2.05, 4.69) is 27.4 Å². The first-order valence-corrected chi connectivity index (χ1v) is 4.65. The minimum absolute atomic E-state index is 0.260. The van der Waals surface area contributed by atoms with Crippen molar-refractivity contribution in [3.05, 3.63) is 4.77 Å². The molecule has 5 heteroatoms. The van der Waals surface area contributed by atoms with Crippen molar-refractivity contribution in [2.75, 3.05) is 18.8 Å². The van der Waals surface area contributed by atoms with Crippen LogP contribution in [0, 0.1) is 4.77 Å². The zero-order valence-electron chi connectivity index (χ0n) is 6.70. The maximum Gasteiger partial charge on any atom is 0.189 e. The van der Waals surface area contributed by atoms with Crippen LogP contribution in [0.5, 0.6) is 0 Å². The molecule has 0 saturated heterocycles. The molecule has 0 saturated carbocycles. The summed E-state index contributed by atoms with van der Waals surface area (Å²) in [5, 5.41) is 0. The third-order valence-electron chi connectivity index (χ3n) is 1.45. The molecule has 1 rings (SSSR count). The monoisotopic (exact) mass is 177 g/mol. The Kier molecular flexibility index (Phi) is 2.04. The van der Waals surface area contributed by atoms with Crippen molar-refractivity contribution in [1.82, 2.24) is 8.66 Å². The van der Waals surface area contributed by atoms with Gasteiger partial charge in [0.15, 0.2) is 4.77 Å². The van der Waals surface area contributed by atoms with Gasteiger partial charge >= 0.3 is 0 Å². The Morgan fingerprint density at radius 2 is 1.70 bits per heavy atom. The van der Waals surface area contributed by atoms with E-state index in [1.54, 1.807) is 0 Å². The summed E-state index contributed by atoms with van der Waals surface area (Å²) in [5.41, 5.74) is 0. The summed E-state index contributed by atoms with van der Waals surface area (Å²) in [6.07, 6.45) is 0. The van der Waals surface area contributed by atoms with Gasteiger partial charge in [-0.3, -0.25) is 8.66 Å². The van der Waals surface area contributed by atoms with Crippen LogP contribution in [0.1, 0.15) is 0 Å². The highest BCUT2D eigenvalue weighted by atomic mass is 32.1. The molecule has 1 heterocycles. The van der Waals surface area contributed by atoms with E-state index < -0.39 is 0 Å². The van der Waals surface area contributed by atoms with Gasteiger partial charge in [-0.2, -0.15) is 0 Å². The van der Waals surface area contributed by atoms with E-state index in [4.69, 9.17) is 12.2 Å². The largest absolute Gasteiger partial charge is 0.286 e. The molecule has 1 aromatic heterocycles. The lowest BCUT2D eigenvalue weighted by Gasteiger charge is -2.24. The smallest absolute Gasteiger partial charge is 0.189 e. The molecule has 58 valence electrons. The summed E-state index contributed by atoms with van der Waals surface area (Å²) >= 11 is 5.07. The van der Waals surface area contributed by atoms with Gasteiger partial charge in [-0.1, -0.05) is 0 Å². The molecular formula is C5H12N3PS. The minimum atomic E-state index is -0.260. The van der Waals surface area contributed by atoms with Crippen LogP contribution in [-0.2, 0) is 14.1 Å². The fourth-order valence-electron chi connectivity index (χ4n) is 1.06. The van der Waals surface area contributed by atoms with Gasteiger partial charge in [0.25, 0.3) is 0 Å². The fourth-order valence-corrected chi connectivity index (χ4v) is 3.43. The van der Waals surface area contributed by atoms with Crippen LogP contribution in [0.2, 0.25) is 0 Å². The lowest BCUT2D eigenvalue weighted by atomic mass is 11.2. The van der Waals surface area contributed by atoms with Crippen LogP contribution in [-0.4, -0.2) is 22.8 Å². The normalized spacial score (nSPS) is 11.3. The van der Waals surface area contributed by atoms with Gasteiger partial charge in [-0.05, 0) is 26.3 Å². The van der Waals surface area contributed by atoms with Crippen molar-refractivity contribution in [3.63, 3.8) is 0 Å². The van der Waals surface area contributed by atoms with Gasteiger partial charge in [0.1, 0.15) is 8.00 Å². The predicted octanol–water partition coefficient (Wildman–Crippen LogP) is 1.28. The van der Waals surface area contributed by atoms with E-state index in [9.17, 15) is 0 Å². The van der Waals surface area contributed by atoms with Gasteiger partial charge in [-0.15, -0.1) is 0 Å². The first-order chi connectivity index (χ1) is 4.55. The van der Waals surface area contributed by atoms with Gasteiger partial charge < -0.3 is 0 Å². The van der Waals surface area contributed by atoms with E-state index >= 15 is 0 Å². The van der Waals surface area contributed by atoms with E-state index in [0.29, 0.717) is 0 Å². The molecule has 1 aromatic rings. The number of nitrogens with zero attached hydrogens (tertiary/aromatic N) is 3. The summed E-state index contributed by atoms with van der Waals surface area (Å²) in [6, 6.07) is 0. The molecule has 0 N–H and O–H groups in total. The maximum absolute atomic E-state index is 5.07. The average molecular weight is 177 g/mol. The number of hydrogen-bond acceptors (Lipinski definition) is 2. The molecule has 0 atom stereocenters. The Balaban J connectivity index is 3.10. The molecule has 0 unspecified atom stereocenters. The van der Waals surface area contributed by atoms with Crippen molar-refractivity contribution in [2.24, 2.45) is 14.1 Å². The Hall–Kier alpha value is -0.0500. The molecule has 0 bridgehead atoms. The summed E-state index contributed by atoms with van der Waals surface area (Å²) in [5.74, 6) is 0. The third-order valence-corrected chi connectivity index (χ3v) is 4.43. The summed E-state index contributed by atoms with van der Waals surface area (Å²) in [7, 11) is 7.95. The molecule has 10 heavy (non-hydrogen) atoms. The average Bonchev–Trinajstić information content (AvgIpc) is 1.87. The Morgan fingerprint density at radius 1 is 1.30 bits per heavy atom. The number of aromatic nitrogens is 2. The maximum atomic E-state index is 5.07. The van der Waals surface area contributed by atoms with Crippen molar-refractivity contribution in [2.45, 2.75) is 0 Å². The van der Waals surface area contributed by atoms with Crippen LogP contribution in [0.4, 0.5) is 0 Å². The Labute approximate surface area is 67.1 Å². The zero-order chi connectivity index (χ0) is 7.89. The van der Waals surface area contributed by atoms with Crippen molar-refractivity contribution < 1.29 is 0 Å². The molecular weight excluding hydrogens is 165 g/mol. The molecule has 0 radical (unpaired) electrons. The highest BCUT2D eigenvalue weighted by Gasteiger charge is 2.09. The number of rotatable bonds is 1. The second-order valence-corrected chi connectivity index (χ2v) is 5.35. The summed E-state index contributed by atoms with van der Waals surface area (Å²) in [6.45, 7) is 0. The highest BCUT2D eigenvalue weighted by molar-refractivity contribution is 7.72. The first kappa shape index (κ1) is 8.05. The lowest BCUT2D eigenvalue weighted by molar-refractivity contribution is 0.777. The van der Waals surface area contributed by atoms with E-state index in [1.807, 2.05) is 14.1 Å². The van der Waals surface area contributed by atoms with Crippen molar-refractivity contribution in [3.8, 4) is 0 Å². The van der Waals surface area contributed by atoms with Crippen molar-refractivity contribution in [1.29, 1.82) is 0 Å². The standard InChI is InChI=1S/C5H12N3PS/c1-6(2)9-7(3)5(10)8(9)4/h1-4H3. The Bertz CT molecular complexity index is 259. The third kappa shape index (κ3) is 0.965. The van der Waals surface area contributed by atoms with Crippen molar-refractivity contribution >= 4 is 20.2 Å². The molecule has 3 nitrogen and oxygen atoms in total. The predicted molar refractivity (Wildman–Crippen MR) is 48.0 cm³/mol. The van der Waals surface area contributed by atoms with Gasteiger partial charge in [0.05, 0.1) is 0 Å². The van der Waals surface area contributed by atoms with Crippen LogP contribution < -0.4 is 4.67 Å². The molecule has 0 aliphatic heterocycles. The fraction of sp³-hybridized carbons (Fsp3) is 0.800. The second-order valence-electron chi connectivity index (χ2n) is 2.45.